The molecule has 1 atom stereocenters. The third kappa shape index (κ3) is 6.80. The molecule has 0 fully saturated rings. The SMILES string of the molecule is CC(C)CC(C)(C)OP(=O)(O)OCCl. The summed E-state index contributed by atoms with van der Waals surface area (Å²) >= 11 is 5.19. The van der Waals surface area contributed by atoms with E-state index in [-0.39, 0.29) is 6.07 Å². The predicted molar refractivity (Wildman–Crippen MR) is 56.2 cm³/mol. The average Bonchev–Trinajstić information content (AvgIpc) is 1.78. The molecule has 86 valence electrons. The summed E-state index contributed by atoms with van der Waals surface area (Å²) in [6, 6.07) is -0.356. The minimum atomic E-state index is -4.00. The van der Waals surface area contributed by atoms with Gasteiger partial charge in [-0.05, 0) is 26.2 Å². The normalized spacial score (nSPS) is 17.1. The summed E-state index contributed by atoms with van der Waals surface area (Å²) in [5.41, 5.74) is -0.690. The maximum absolute atomic E-state index is 11.2. The molecule has 0 aromatic rings. The van der Waals surface area contributed by atoms with E-state index >= 15 is 0 Å². The van der Waals surface area contributed by atoms with Crippen molar-refractivity contribution in [3.63, 3.8) is 0 Å². The molecule has 0 radical (unpaired) electrons. The van der Waals surface area contributed by atoms with E-state index in [9.17, 15) is 9.46 Å². The van der Waals surface area contributed by atoms with E-state index in [0.29, 0.717) is 12.3 Å². The van der Waals surface area contributed by atoms with Crippen LogP contribution in [0.25, 0.3) is 0 Å². The number of halogens is 1. The molecule has 0 saturated heterocycles. The first kappa shape index (κ1) is 14.4. The Morgan fingerprint density at radius 3 is 2.36 bits per heavy atom. The summed E-state index contributed by atoms with van der Waals surface area (Å²) in [4.78, 5) is 9.19. The molecular formula is C8H18ClO4P. The smallest absolute Gasteiger partial charge is 0.302 e. The molecule has 0 aromatic carbocycles. The first-order valence-corrected chi connectivity index (χ1v) is 6.45. The molecule has 0 aliphatic rings. The molecule has 6 heteroatoms. The van der Waals surface area contributed by atoms with Gasteiger partial charge < -0.3 is 4.89 Å². The van der Waals surface area contributed by atoms with Crippen molar-refractivity contribution in [3.05, 3.63) is 0 Å². The van der Waals surface area contributed by atoms with Gasteiger partial charge in [-0.2, -0.15) is 0 Å². The molecular weight excluding hydrogens is 227 g/mol. The summed E-state index contributed by atoms with van der Waals surface area (Å²) in [6.07, 6.45) is 0.670. The second-order valence-electron chi connectivity index (χ2n) is 4.16. The van der Waals surface area contributed by atoms with Crippen molar-refractivity contribution in [3.8, 4) is 0 Å². The zero-order valence-electron chi connectivity index (χ0n) is 8.99. The maximum atomic E-state index is 11.2. The zero-order chi connectivity index (χ0) is 11.4. The van der Waals surface area contributed by atoms with E-state index < -0.39 is 13.4 Å². The molecule has 1 unspecified atom stereocenters. The van der Waals surface area contributed by atoms with Gasteiger partial charge in [-0.25, -0.2) is 4.57 Å². The second-order valence-corrected chi connectivity index (χ2v) is 5.75. The van der Waals surface area contributed by atoms with Crippen molar-refractivity contribution in [2.24, 2.45) is 5.92 Å². The van der Waals surface area contributed by atoms with Crippen LogP contribution in [0.5, 0.6) is 0 Å². The van der Waals surface area contributed by atoms with E-state index in [0.717, 1.165) is 0 Å². The number of hydrogen-bond donors (Lipinski definition) is 1. The molecule has 0 amide bonds. The summed E-state index contributed by atoms with van der Waals surface area (Å²) in [7, 11) is -4.00. The molecule has 0 aliphatic heterocycles. The van der Waals surface area contributed by atoms with Crippen molar-refractivity contribution in [1.82, 2.24) is 0 Å². The molecule has 0 spiro atoms. The monoisotopic (exact) mass is 244 g/mol. The van der Waals surface area contributed by atoms with Crippen LogP contribution in [0.1, 0.15) is 34.1 Å². The number of phosphoric ester groups is 1. The average molecular weight is 245 g/mol. The van der Waals surface area contributed by atoms with E-state index in [1.165, 1.54) is 0 Å². The van der Waals surface area contributed by atoms with Gasteiger partial charge in [0.2, 0.25) is 0 Å². The van der Waals surface area contributed by atoms with Crippen molar-refractivity contribution in [1.29, 1.82) is 0 Å². The quantitative estimate of drug-likeness (QED) is 0.576. The van der Waals surface area contributed by atoms with E-state index in [1.807, 2.05) is 13.8 Å². The molecule has 14 heavy (non-hydrogen) atoms. The third-order valence-corrected chi connectivity index (χ3v) is 2.92. The van der Waals surface area contributed by atoms with Crippen LogP contribution in [0.4, 0.5) is 0 Å². The standard InChI is InChI=1S/C8H18ClO4P/c1-7(2)5-8(3,4)13-14(10,11)12-6-9/h7H,5-6H2,1-4H3,(H,10,11). The van der Waals surface area contributed by atoms with Gasteiger partial charge >= 0.3 is 7.82 Å². The number of rotatable bonds is 6. The number of phosphoric acid groups is 1. The van der Waals surface area contributed by atoms with E-state index in [4.69, 9.17) is 16.1 Å². The van der Waals surface area contributed by atoms with Crippen LogP contribution in [0, 0.1) is 5.92 Å². The van der Waals surface area contributed by atoms with Gasteiger partial charge in [0.1, 0.15) is 6.07 Å². The van der Waals surface area contributed by atoms with Gasteiger partial charge in [-0.15, -0.1) is 0 Å². The fraction of sp³-hybridized carbons (Fsp3) is 1.00. The number of alkyl halides is 1. The number of hydrogen-bond acceptors (Lipinski definition) is 3. The van der Waals surface area contributed by atoms with Crippen molar-refractivity contribution >= 4 is 19.4 Å². The Morgan fingerprint density at radius 1 is 1.50 bits per heavy atom. The third-order valence-electron chi connectivity index (χ3n) is 1.47. The van der Waals surface area contributed by atoms with Gasteiger partial charge in [-0.1, -0.05) is 25.4 Å². The van der Waals surface area contributed by atoms with Crippen molar-refractivity contribution in [2.45, 2.75) is 39.7 Å². The van der Waals surface area contributed by atoms with E-state index in [2.05, 4.69) is 4.52 Å². The summed E-state index contributed by atoms with van der Waals surface area (Å²) in [5.74, 6) is 0.376. The topological polar surface area (TPSA) is 55.8 Å². The Kier molecular flexibility index (Phi) is 5.63. The molecule has 0 rings (SSSR count). The Hall–Kier alpha value is 0.400. The molecule has 0 bridgehead atoms. The lowest BCUT2D eigenvalue weighted by atomic mass is 9.97. The highest BCUT2D eigenvalue weighted by molar-refractivity contribution is 7.47. The molecule has 0 aromatic heterocycles. The maximum Gasteiger partial charge on any atom is 0.473 e. The first-order valence-electron chi connectivity index (χ1n) is 4.42. The fourth-order valence-electron chi connectivity index (χ4n) is 1.42. The van der Waals surface area contributed by atoms with Gasteiger partial charge in [0.05, 0.1) is 5.60 Å². The van der Waals surface area contributed by atoms with Gasteiger partial charge in [0.15, 0.2) is 0 Å². The molecule has 4 nitrogen and oxygen atoms in total. The van der Waals surface area contributed by atoms with Gasteiger partial charge in [-0.3, -0.25) is 9.05 Å². The van der Waals surface area contributed by atoms with Crippen LogP contribution >= 0.6 is 19.4 Å². The van der Waals surface area contributed by atoms with Crippen molar-refractivity contribution < 1.29 is 18.5 Å². The zero-order valence-corrected chi connectivity index (χ0v) is 10.6. The van der Waals surface area contributed by atoms with Crippen molar-refractivity contribution in [2.75, 3.05) is 6.07 Å². The highest BCUT2D eigenvalue weighted by Crippen LogP contribution is 2.48. The Labute approximate surface area is 90.2 Å². The lowest BCUT2D eigenvalue weighted by Crippen LogP contribution is -2.25. The summed E-state index contributed by atoms with van der Waals surface area (Å²) < 4.78 is 20.6. The molecule has 1 N–H and O–H groups in total. The largest absolute Gasteiger partial charge is 0.473 e. The van der Waals surface area contributed by atoms with Crippen LogP contribution in [0.15, 0.2) is 0 Å². The molecule has 0 saturated carbocycles. The van der Waals surface area contributed by atoms with Crippen LogP contribution in [-0.4, -0.2) is 16.6 Å². The minimum absolute atomic E-state index is 0.356. The lowest BCUT2D eigenvalue weighted by Gasteiger charge is -2.28. The second kappa shape index (κ2) is 5.47. The molecule has 0 heterocycles. The van der Waals surface area contributed by atoms with Crippen LogP contribution in [0.2, 0.25) is 0 Å². The predicted octanol–water partition coefficient (Wildman–Crippen LogP) is 3.14. The van der Waals surface area contributed by atoms with Gasteiger partial charge in [0.25, 0.3) is 0 Å². The van der Waals surface area contributed by atoms with Gasteiger partial charge in [0, 0.05) is 0 Å². The lowest BCUT2D eigenvalue weighted by molar-refractivity contribution is 0.0389. The Bertz CT molecular complexity index is 217. The van der Waals surface area contributed by atoms with Crippen LogP contribution < -0.4 is 0 Å². The first-order chi connectivity index (χ1) is 6.18. The van der Waals surface area contributed by atoms with Crippen LogP contribution in [-0.2, 0) is 13.6 Å². The summed E-state index contributed by atoms with van der Waals surface area (Å²) in [6.45, 7) is 7.51. The fourth-order valence-corrected chi connectivity index (χ4v) is 2.67. The Morgan fingerprint density at radius 2 is 2.00 bits per heavy atom. The van der Waals surface area contributed by atoms with Crippen LogP contribution in [0.3, 0.4) is 0 Å². The van der Waals surface area contributed by atoms with E-state index in [1.54, 1.807) is 13.8 Å². The highest BCUT2D eigenvalue weighted by atomic mass is 35.5. The summed E-state index contributed by atoms with van der Waals surface area (Å²) in [5, 5.41) is 0. The highest BCUT2D eigenvalue weighted by Gasteiger charge is 2.32. The molecule has 0 aliphatic carbocycles. The Balaban J connectivity index is 4.26. The minimum Gasteiger partial charge on any atom is -0.302 e.